The Morgan fingerprint density at radius 3 is 2.61 bits per heavy atom. The second-order valence-corrected chi connectivity index (χ2v) is 6.38. The third-order valence-electron chi connectivity index (χ3n) is 4.50. The molecule has 1 N–H and O–H groups in total. The highest BCUT2D eigenvalue weighted by molar-refractivity contribution is 6.04. The van der Waals surface area contributed by atoms with Gasteiger partial charge in [0.05, 0.1) is 12.8 Å². The van der Waals surface area contributed by atoms with Crippen LogP contribution in [0.5, 0.6) is 11.5 Å². The zero-order chi connectivity index (χ0) is 20.1. The van der Waals surface area contributed by atoms with E-state index in [4.69, 9.17) is 4.74 Å². The van der Waals surface area contributed by atoms with Gasteiger partial charge in [0, 0.05) is 50.2 Å². The molecule has 1 saturated heterocycles. The molecule has 150 valence electrons. The van der Waals surface area contributed by atoms with Gasteiger partial charge in [0.25, 0.3) is 5.91 Å². The van der Waals surface area contributed by atoms with Crippen molar-refractivity contribution in [3.63, 3.8) is 0 Å². The molecule has 2 heterocycles. The lowest BCUT2D eigenvalue weighted by atomic mass is 10.2. The number of ether oxygens (including phenoxy) is 2. The summed E-state index contributed by atoms with van der Waals surface area (Å²) in [5.74, 6) is -0.178. The second kappa shape index (κ2) is 8.83. The fourth-order valence-corrected chi connectivity index (χ4v) is 2.92. The number of carbonyl (C=O) groups excluding carboxylic acids is 1. The molecule has 1 aromatic heterocycles. The minimum Gasteiger partial charge on any atom is -0.497 e. The van der Waals surface area contributed by atoms with Crippen LogP contribution in [0.1, 0.15) is 10.5 Å². The standard InChI is InChI=1S/C19H22F2N4O3/c1-24-7-9-25(10-8-24)13-3-4-15(17(11-13)28-19(20)21)23-18(26)16-12-14(27-2)5-6-22-16/h3-6,11-12,19H,7-10H2,1-2H3,(H,23,26). The van der Waals surface area contributed by atoms with Gasteiger partial charge in [-0.3, -0.25) is 9.78 Å². The lowest BCUT2D eigenvalue weighted by Crippen LogP contribution is -2.44. The number of methoxy groups -OCH3 is 1. The van der Waals surface area contributed by atoms with Crippen LogP contribution in [0.4, 0.5) is 20.2 Å². The van der Waals surface area contributed by atoms with Gasteiger partial charge in [0.1, 0.15) is 11.4 Å². The highest BCUT2D eigenvalue weighted by Crippen LogP contribution is 2.32. The number of halogens is 2. The van der Waals surface area contributed by atoms with Crippen LogP contribution in [0.25, 0.3) is 0 Å². The smallest absolute Gasteiger partial charge is 0.387 e. The molecule has 0 aliphatic carbocycles. The van der Waals surface area contributed by atoms with Crippen molar-refractivity contribution in [1.29, 1.82) is 0 Å². The molecule has 1 aliphatic rings. The largest absolute Gasteiger partial charge is 0.497 e. The maximum absolute atomic E-state index is 12.9. The number of hydrogen-bond acceptors (Lipinski definition) is 6. The van der Waals surface area contributed by atoms with E-state index in [0.717, 1.165) is 31.9 Å². The van der Waals surface area contributed by atoms with Gasteiger partial charge >= 0.3 is 6.61 Å². The Labute approximate surface area is 161 Å². The SMILES string of the molecule is COc1ccnc(C(=O)Nc2ccc(N3CCN(C)CC3)cc2OC(F)F)c1. The van der Waals surface area contributed by atoms with Crippen molar-refractivity contribution in [1.82, 2.24) is 9.88 Å². The molecule has 0 bridgehead atoms. The Hall–Kier alpha value is -2.94. The summed E-state index contributed by atoms with van der Waals surface area (Å²) in [5, 5.41) is 2.58. The Balaban J connectivity index is 1.81. The molecule has 0 unspecified atom stereocenters. The molecule has 0 saturated carbocycles. The first-order valence-corrected chi connectivity index (χ1v) is 8.80. The van der Waals surface area contributed by atoms with Crippen LogP contribution in [0.2, 0.25) is 0 Å². The molecule has 1 fully saturated rings. The number of piperazine rings is 1. The molecule has 1 aliphatic heterocycles. The number of pyridine rings is 1. The number of nitrogens with zero attached hydrogens (tertiary/aromatic N) is 3. The van der Waals surface area contributed by atoms with Crippen molar-refractivity contribution in [3.8, 4) is 11.5 Å². The predicted molar refractivity (Wildman–Crippen MR) is 102 cm³/mol. The summed E-state index contributed by atoms with van der Waals surface area (Å²) >= 11 is 0. The van der Waals surface area contributed by atoms with Crippen molar-refractivity contribution in [2.24, 2.45) is 0 Å². The first-order valence-electron chi connectivity index (χ1n) is 8.80. The van der Waals surface area contributed by atoms with Crippen molar-refractivity contribution >= 4 is 17.3 Å². The van der Waals surface area contributed by atoms with Crippen LogP contribution >= 0.6 is 0 Å². The molecule has 0 atom stereocenters. The summed E-state index contributed by atoms with van der Waals surface area (Å²) < 4.78 is 35.5. The number of likely N-dealkylation sites (N-methyl/N-ethyl adjacent to an activating group) is 1. The summed E-state index contributed by atoms with van der Waals surface area (Å²) in [6.07, 6.45) is 1.43. The first kappa shape index (κ1) is 19.8. The lowest BCUT2D eigenvalue weighted by molar-refractivity contribution is -0.0493. The van der Waals surface area contributed by atoms with Crippen LogP contribution in [-0.2, 0) is 0 Å². The number of benzene rings is 1. The van der Waals surface area contributed by atoms with Crippen molar-refractivity contribution in [2.75, 3.05) is 50.6 Å². The summed E-state index contributed by atoms with van der Waals surface area (Å²) in [6, 6.07) is 7.92. The second-order valence-electron chi connectivity index (χ2n) is 6.38. The molecule has 9 heteroatoms. The summed E-state index contributed by atoms with van der Waals surface area (Å²) in [4.78, 5) is 20.7. The van der Waals surface area contributed by atoms with E-state index < -0.39 is 12.5 Å². The number of rotatable bonds is 6. The van der Waals surface area contributed by atoms with Crippen molar-refractivity contribution < 1.29 is 23.0 Å². The average molecular weight is 392 g/mol. The fraction of sp³-hybridized carbons (Fsp3) is 0.368. The maximum atomic E-state index is 12.9. The van der Waals surface area contributed by atoms with Crippen molar-refractivity contribution in [2.45, 2.75) is 6.61 Å². The molecular formula is C19H22F2N4O3. The summed E-state index contributed by atoms with van der Waals surface area (Å²) in [5.41, 5.74) is 1.01. The predicted octanol–water partition coefficient (Wildman–Crippen LogP) is 2.70. The number of nitrogens with one attached hydrogen (secondary N) is 1. The third kappa shape index (κ3) is 4.86. The molecule has 3 rings (SSSR count). The number of amides is 1. The Kier molecular flexibility index (Phi) is 6.25. The molecule has 7 nitrogen and oxygen atoms in total. The van der Waals surface area contributed by atoms with Crippen LogP contribution in [0, 0.1) is 0 Å². The van der Waals surface area contributed by atoms with Gasteiger partial charge in [-0.05, 0) is 25.2 Å². The van der Waals surface area contributed by atoms with Gasteiger partial charge in [-0.2, -0.15) is 8.78 Å². The summed E-state index contributed by atoms with van der Waals surface area (Å²) in [6.45, 7) is 0.317. The van der Waals surface area contributed by atoms with Crippen LogP contribution in [0.15, 0.2) is 36.5 Å². The highest BCUT2D eigenvalue weighted by Gasteiger charge is 2.19. The average Bonchev–Trinajstić information content (AvgIpc) is 2.69. The Bertz CT molecular complexity index is 827. The summed E-state index contributed by atoms with van der Waals surface area (Å²) in [7, 11) is 3.51. The number of carbonyl (C=O) groups is 1. The van der Waals surface area contributed by atoms with Gasteiger partial charge in [-0.15, -0.1) is 0 Å². The van der Waals surface area contributed by atoms with E-state index >= 15 is 0 Å². The van der Waals surface area contributed by atoms with Gasteiger partial charge in [0.15, 0.2) is 5.75 Å². The van der Waals surface area contributed by atoms with E-state index in [0.29, 0.717) is 5.75 Å². The number of aromatic nitrogens is 1. The maximum Gasteiger partial charge on any atom is 0.387 e. The monoisotopic (exact) mass is 392 g/mol. The van der Waals surface area contributed by atoms with E-state index in [9.17, 15) is 13.6 Å². The van der Waals surface area contributed by atoms with E-state index in [1.165, 1.54) is 25.4 Å². The number of hydrogen-bond donors (Lipinski definition) is 1. The number of alkyl halides is 2. The molecule has 0 spiro atoms. The van der Waals surface area contributed by atoms with E-state index in [-0.39, 0.29) is 17.1 Å². The molecule has 1 aromatic carbocycles. The quantitative estimate of drug-likeness (QED) is 0.816. The van der Waals surface area contributed by atoms with Gasteiger partial charge < -0.3 is 24.6 Å². The first-order chi connectivity index (χ1) is 13.5. The molecule has 28 heavy (non-hydrogen) atoms. The molecule has 1 amide bonds. The highest BCUT2D eigenvalue weighted by atomic mass is 19.3. The Morgan fingerprint density at radius 1 is 1.18 bits per heavy atom. The normalized spacial score (nSPS) is 14.8. The van der Waals surface area contributed by atoms with Crippen LogP contribution < -0.4 is 19.7 Å². The number of anilines is 2. The third-order valence-corrected chi connectivity index (χ3v) is 4.50. The zero-order valence-electron chi connectivity index (χ0n) is 15.7. The van der Waals surface area contributed by atoms with Gasteiger partial charge in [-0.1, -0.05) is 0 Å². The topological polar surface area (TPSA) is 66.9 Å². The molecule has 2 aromatic rings. The van der Waals surface area contributed by atoms with Crippen molar-refractivity contribution in [3.05, 3.63) is 42.2 Å². The minimum absolute atomic E-state index is 0.0947. The van der Waals surface area contributed by atoms with Gasteiger partial charge in [-0.25, -0.2) is 0 Å². The Morgan fingerprint density at radius 2 is 1.93 bits per heavy atom. The van der Waals surface area contributed by atoms with Crippen LogP contribution in [-0.4, -0.2) is 62.7 Å². The minimum atomic E-state index is -3.01. The van der Waals surface area contributed by atoms with E-state index in [1.807, 2.05) is 7.05 Å². The molecule has 0 radical (unpaired) electrons. The molecular weight excluding hydrogens is 370 g/mol. The zero-order valence-corrected chi connectivity index (χ0v) is 15.7. The van der Waals surface area contributed by atoms with Crippen LogP contribution in [0.3, 0.4) is 0 Å². The van der Waals surface area contributed by atoms with E-state index in [1.54, 1.807) is 18.2 Å². The van der Waals surface area contributed by atoms with E-state index in [2.05, 4.69) is 24.8 Å². The van der Waals surface area contributed by atoms with Gasteiger partial charge in [0.2, 0.25) is 0 Å². The fourth-order valence-electron chi connectivity index (χ4n) is 2.92. The lowest BCUT2D eigenvalue weighted by Gasteiger charge is -2.34.